The highest BCUT2D eigenvalue weighted by Gasteiger charge is 2.34. The zero-order valence-corrected chi connectivity index (χ0v) is 23.1. The molecule has 3 N–H and O–H groups in total. The van der Waals surface area contributed by atoms with Crippen molar-refractivity contribution in [3.05, 3.63) is 59.2 Å². The SMILES string of the molecule is CN(CC(O)CNC(C)(C)CC1Cc2ccccc2C1)S(=O)(=O)c1cc(SCC(=O)O)cc(C(F)(F)F)c1. The fraction of sp³-hybridized carbons (Fsp3) is 0.500. The van der Waals surface area contributed by atoms with E-state index in [0.717, 1.165) is 35.7 Å². The van der Waals surface area contributed by atoms with Gasteiger partial charge in [-0.25, -0.2) is 8.42 Å². The van der Waals surface area contributed by atoms with Crippen LogP contribution in [-0.4, -0.2) is 66.4 Å². The number of aliphatic hydroxyl groups is 1. The van der Waals surface area contributed by atoms with Crippen molar-refractivity contribution in [2.24, 2.45) is 5.92 Å². The molecule has 0 saturated carbocycles. The van der Waals surface area contributed by atoms with Crippen molar-refractivity contribution in [1.29, 1.82) is 0 Å². The van der Waals surface area contributed by atoms with Crippen LogP contribution in [0.3, 0.4) is 0 Å². The lowest BCUT2D eigenvalue weighted by Crippen LogP contribution is -2.47. The highest BCUT2D eigenvalue weighted by Crippen LogP contribution is 2.35. The lowest BCUT2D eigenvalue weighted by molar-refractivity contribution is -0.138. The van der Waals surface area contributed by atoms with E-state index in [4.69, 9.17) is 5.11 Å². The number of halogens is 3. The van der Waals surface area contributed by atoms with Crippen molar-refractivity contribution in [1.82, 2.24) is 9.62 Å². The second-order valence-corrected chi connectivity index (χ2v) is 13.4. The maximum atomic E-state index is 13.4. The lowest BCUT2D eigenvalue weighted by Gasteiger charge is -2.31. The van der Waals surface area contributed by atoms with Gasteiger partial charge in [0.2, 0.25) is 10.0 Å². The minimum Gasteiger partial charge on any atom is -0.481 e. The van der Waals surface area contributed by atoms with Gasteiger partial charge in [-0.1, -0.05) is 24.3 Å². The van der Waals surface area contributed by atoms with Gasteiger partial charge in [0, 0.05) is 30.6 Å². The normalized spacial score (nSPS) is 15.6. The molecule has 0 aromatic heterocycles. The molecule has 0 radical (unpaired) electrons. The van der Waals surface area contributed by atoms with E-state index in [-0.39, 0.29) is 23.5 Å². The summed E-state index contributed by atoms with van der Waals surface area (Å²) < 4.78 is 67.2. The molecule has 1 aliphatic carbocycles. The zero-order valence-electron chi connectivity index (χ0n) is 21.5. The third-order valence-electron chi connectivity index (χ3n) is 6.50. The van der Waals surface area contributed by atoms with Crippen LogP contribution in [0.4, 0.5) is 13.2 Å². The number of carboxylic acids is 1. The van der Waals surface area contributed by atoms with Crippen LogP contribution in [0, 0.1) is 5.92 Å². The third-order valence-corrected chi connectivity index (χ3v) is 9.26. The fourth-order valence-corrected chi connectivity index (χ4v) is 6.80. The molecule has 38 heavy (non-hydrogen) atoms. The summed E-state index contributed by atoms with van der Waals surface area (Å²) in [7, 11) is -3.21. The first kappa shape index (κ1) is 30.4. The minimum atomic E-state index is -4.82. The van der Waals surface area contributed by atoms with E-state index in [2.05, 4.69) is 17.4 Å². The summed E-state index contributed by atoms with van der Waals surface area (Å²) in [6, 6.07) is 10.6. The molecule has 0 aliphatic heterocycles. The Morgan fingerprint density at radius 2 is 1.76 bits per heavy atom. The van der Waals surface area contributed by atoms with Crippen LogP contribution in [0.1, 0.15) is 37.0 Å². The van der Waals surface area contributed by atoms with Crippen LogP contribution in [0.5, 0.6) is 0 Å². The Labute approximate surface area is 225 Å². The number of β-amino-alcohol motifs (C(OH)–C–C–N with tert-alkyl or cyclic N) is 1. The van der Waals surface area contributed by atoms with Crippen molar-refractivity contribution in [2.75, 3.05) is 25.9 Å². The average Bonchev–Trinajstić information content (AvgIpc) is 3.22. The number of alkyl halides is 3. The Bertz CT molecular complexity index is 1230. The molecular formula is C26H33F3N2O5S2. The number of likely N-dealkylation sites (N-methyl/N-ethyl adjacent to an activating group) is 1. The number of aliphatic hydroxyl groups excluding tert-OH is 1. The topological polar surface area (TPSA) is 107 Å². The maximum absolute atomic E-state index is 13.4. The van der Waals surface area contributed by atoms with Crippen LogP contribution in [-0.2, 0) is 33.8 Å². The van der Waals surface area contributed by atoms with Crippen LogP contribution in [0.15, 0.2) is 52.3 Å². The van der Waals surface area contributed by atoms with E-state index in [9.17, 15) is 31.5 Å². The molecule has 1 atom stereocenters. The van der Waals surface area contributed by atoms with Gasteiger partial charge >= 0.3 is 12.1 Å². The van der Waals surface area contributed by atoms with E-state index in [1.54, 1.807) is 0 Å². The molecule has 210 valence electrons. The number of aliphatic carboxylic acids is 1. The van der Waals surface area contributed by atoms with Gasteiger partial charge in [0.05, 0.1) is 22.3 Å². The van der Waals surface area contributed by atoms with Gasteiger partial charge in [-0.3, -0.25) is 4.79 Å². The summed E-state index contributed by atoms with van der Waals surface area (Å²) in [5.74, 6) is -1.32. The van der Waals surface area contributed by atoms with Crippen molar-refractivity contribution < 1.29 is 36.6 Å². The third kappa shape index (κ3) is 8.19. The smallest absolute Gasteiger partial charge is 0.416 e. The fourth-order valence-electron chi connectivity index (χ4n) is 4.73. The molecule has 0 bridgehead atoms. The monoisotopic (exact) mass is 574 g/mol. The summed E-state index contributed by atoms with van der Waals surface area (Å²) in [6.07, 6.45) is -3.12. The Kier molecular flexibility index (Phi) is 9.57. The quantitative estimate of drug-likeness (QED) is 0.329. The molecular weight excluding hydrogens is 541 g/mol. The second-order valence-electron chi connectivity index (χ2n) is 10.3. The minimum absolute atomic E-state index is 0.0921. The molecule has 1 aliphatic rings. The van der Waals surface area contributed by atoms with Gasteiger partial charge in [-0.2, -0.15) is 17.5 Å². The maximum Gasteiger partial charge on any atom is 0.416 e. The van der Waals surface area contributed by atoms with Gasteiger partial charge in [0.25, 0.3) is 0 Å². The molecule has 2 aromatic rings. The first-order valence-electron chi connectivity index (χ1n) is 12.1. The van der Waals surface area contributed by atoms with Gasteiger partial charge in [0.15, 0.2) is 0 Å². The van der Waals surface area contributed by atoms with E-state index >= 15 is 0 Å². The van der Waals surface area contributed by atoms with Gasteiger partial charge in [-0.15, -0.1) is 11.8 Å². The Balaban J connectivity index is 1.62. The average molecular weight is 575 g/mol. The molecule has 3 rings (SSSR count). The molecule has 0 fully saturated rings. The summed E-state index contributed by atoms with van der Waals surface area (Å²) in [6.45, 7) is 3.78. The van der Waals surface area contributed by atoms with Crippen molar-refractivity contribution in [3.8, 4) is 0 Å². The number of carboxylic acid groups (broad SMARTS) is 1. The van der Waals surface area contributed by atoms with E-state index < -0.39 is 44.5 Å². The largest absolute Gasteiger partial charge is 0.481 e. The molecule has 0 heterocycles. The van der Waals surface area contributed by atoms with E-state index in [1.165, 1.54) is 18.2 Å². The number of nitrogens with zero attached hydrogens (tertiary/aromatic N) is 1. The number of hydrogen-bond donors (Lipinski definition) is 3. The predicted octanol–water partition coefficient (Wildman–Crippen LogP) is 4.04. The van der Waals surface area contributed by atoms with Crippen LogP contribution in [0.25, 0.3) is 0 Å². The van der Waals surface area contributed by atoms with Crippen molar-refractivity contribution in [2.45, 2.75) is 60.7 Å². The Hall–Kier alpha value is -2.12. The summed E-state index contributed by atoms with van der Waals surface area (Å²) in [5.41, 5.74) is 1.17. The number of thioether (sulfide) groups is 1. The summed E-state index contributed by atoms with van der Waals surface area (Å²) in [5, 5.41) is 22.7. The lowest BCUT2D eigenvalue weighted by atomic mass is 9.88. The number of sulfonamides is 1. The Morgan fingerprint density at radius 3 is 2.32 bits per heavy atom. The van der Waals surface area contributed by atoms with Crippen LogP contribution < -0.4 is 5.32 Å². The highest BCUT2D eigenvalue weighted by atomic mass is 32.2. The molecule has 0 amide bonds. The molecule has 0 saturated heterocycles. The predicted molar refractivity (Wildman–Crippen MR) is 140 cm³/mol. The van der Waals surface area contributed by atoms with E-state index in [0.29, 0.717) is 23.7 Å². The zero-order chi connectivity index (χ0) is 28.3. The summed E-state index contributed by atoms with van der Waals surface area (Å²) >= 11 is 0.593. The van der Waals surface area contributed by atoms with Gasteiger partial charge in [0.1, 0.15) is 0 Å². The Morgan fingerprint density at radius 1 is 1.16 bits per heavy atom. The number of rotatable bonds is 12. The summed E-state index contributed by atoms with van der Waals surface area (Å²) in [4.78, 5) is 10.1. The van der Waals surface area contributed by atoms with Crippen LogP contribution >= 0.6 is 11.8 Å². The van der Waals surface area contributed by atoms with Gasteiger partial charge < -0.3 is 15.5 Å². The van der Waals surface area contributed by atoms with Gasteiger partial charge in [-0.05, 0) is 68.4 Å². The molecule has 2 aromatic carbocycles. The highest BCUT2D eigenvalue weighted by molar-refractivity contribution is 8.00. The number of nitrogens with one attached hydrogen (secondary N) is 1. The molecule has 0 spiro atoms. The second kappa shape index (κ2) is 12.0. The number of fused-ring (bicyclic) bond motifs is 1. The molecule has 12 heteroatoms. The molecule has 7 nitrogen and oxygen atoms in total. The number of carbonyl (C=O) groups is 1. The van der Waals surface area contributed by atoms with Crippen molar-refractivity contribution in [3.63, 3.8) is 0 Å². The van der Waals surface area contributed by atoms with E-state index in [1.807, 2.05) is 26.0 Å². The molecule has 1 unspecified atom stereocenters. The standard InChI is InChI=1S/C26H33F3N2O5S2/c1-25(2,13-17-8-18-6-4-5-7-19(18)9-17)30-14-21(32)15-31(3)38(35,36)23-11-20(26(27,28)29)10-22(12-23)37-16-24(33)34/h4-7,10-12,17,21,30,32H,8-9,13-16H2,1-3H3,(H,33,34). The number of hydrogen-bond acceptors (Lipinski definition) is 6. The first-order chi connectivity index (χ1) is 17.6. The number of benzene rings is 2. The van der Waals surface area contributed by atoms with Crippen LogP contribution in [0.2, 0.25) is 0 Å². The van der Waals surface area contributed by atoms with Crippen molar-refractivity contribution >= 4 is 27.8 Å². The first-order valence-corrected chi connectivity index (χ1v) is 14.5.